The number of nitrogens with one attached hydrogen (secondary N) is 1. The van der Waals surface area contributed by atoms with Crippen molar-refractivity contribution in [2.24, 2.45) is 5.92 Å². The van der Waals surface area contributed by atoms with E-state index in [4.69, 9.17) is 10.2 Å². The van der Waals surface area contributed by atoms with Gasteiger partial charge in [-0.05, 0) is 12.8 Å². The van der Waals surface area contributed by atoms with E-state index in [2.05, 4.69) is 5.32 Å². The quantitative estimate of drug-likeness (QED) is 0.606. The largest absolute Gasteiger partial charge is 0.480 e. The zero-order chi connectivity index (χ0) is 12.7. The second-order valence-electron chi connectivity index (χ2n) is 3.96. The first-order valence-electron chi connectivity index (χ1n) is 5.31. The van der Waals surface area contributed by atoms with Gasteiger partial charge in [0.25, 0.3) is 0 Å². The average Bonchev–Trinajstić information content (AvgIpc) is 2.21. The zero-order valence-corrected chi connectivity index (χ0v) is 9.93. The number of hydrogen-bond acceptors (Lipinski definition) is 3. The number of aliphatic hydroxyl groups excluding tert-OH is 1. The number of urea groups is 1. The fourth-order valence-electron chi connectivity index (χ4n) is 1.22. The molecule has 16 heavy (non-hydrogen) atoms. The molecule has 0 spiro atoms. The van der Waals surface area contributed by atoms with Gasteiger partial charge in [0.05, 0.1) is 6.61 Å². The Bertz CT molecular complexity index is 243. The highest BCUT2D eigenvalue weighted by molar-refractivity contribution is 5.82. The Balaban J connectivity index is 4.34. The predicted octanol–water partition coefficient (Wildman–Crippen LogP) is 0.119. The van der Waals surface area contributed by atoms with Crippen molar-refractivity contribution in [3.05, 3.63) is 0 Å². The van der Waals surface area contributed by atoms with Crippen LogP contribution in [0.2, 0.25) is 0 Å². The maximum atomic E-state index is 11.6. The van der Waals surface area contributed by atoms with Crippen LogP contribution in [0.5, 0.6) is 0 Å². The molecule has 1 atom stereocenters. The summed E-state index contributed by atoms with van der Waals surface area (Å²) in [7, 11) is 0. The number of carbonyl (C=O) groups excluding carboxylic acids is 1. The second-order valence-corrected chi connectivity index (χ2v) is 3.96. The Hall–Kier alpha value is -1.30. The van der Waals surface area contributed by atoms with Crippen molar-refractivity contribution >= 4 is 12.0 Å². The van der Waals surface area contributed by atoms with E-state index >= 15 is 0 Å². The molecule has 2 amide bonds. The Morgan fingerprint density at radius 2 is 1.94 bits per heavy atom. The minimum atomic E-state index is -1.24. The summed E-state index contributed by atoms with van der Waals surface area (Å²) >= 11 is 0. The molecule has 0 heterocycles. The van der Waals surface area contributed by atoms with E-state index in [0.717, 1.165) is 0 Å². The van der Waals surface area contributed by atoms with Gasteiger partial charge in [0.15, 0.2) is 6.04 Å². The Kier molecular flexibility index (Phi) is 6.48. The van der Waals surface area contributed by atoms with E-state index in [1.807, 2.05) is 20.8 Å². The molecule has 0 aromatic rings. The molecule has 0 aromatic heterocycles. The van der Waals surface area contributed by atoms with Crippen molar-refractivity contribution in [3.8, 4) is 0 Å². The molecule has 0 saturated heterocycles. The van der Waals surface area contributed by atoms with Gasteiger partial charge in [-0.25, -0.2) is 9.59 Å². The lowest BCUT2D eigenvalue weighted by atomic mass is 10.2. The summed E-state index contributed by atoms with van der Waals surface area (Å²) in [6, 6.07) is -1.70. The number of carbonyl (C=O) groups is 2. The molecule has 0 aromatic carbocycles. The van der Waals surface area contributed by atoms with Crippen molar-refractivity contribution < 1.29 is 19.8 Å². The summed E-state index contributed by atoms with van der Waals surface area (Å²) < 4.78 is 0. The van der Waals surface area contributed by atoms with Gasteiger partial charge in [-0.3, -0.25) is 0 Å². The maximum absolute atomic E-state index is 11.6. The number of nitrogens with zero attached hydrogens (tertiary/aromatic N) is 1. The summed E-state index contributed by atoms with van der Waals surface area (Å²) in [4.78, 5) is 23.7. The number of aliphatic carboxylic acids is 1. The van der Waals surface area contributed by atoms with Crippen molar-refractivity contribution in [3.63, 3.8) is 0 Å². The number of aliphatic hydroxyl groups is 1. The van der Waals surface area contributed by atoms with Crippen LogP contribution in [0, 0.1) is 5.92 Å². The van der Waals surface area contributed by atoms with Crippen molar-refractivity contribution in [1.29, 1.82) is 0 Å². The molecule has 0 rings (SSSR count). The van der Waals surface area contributed by atoms with Gasteiger partial charge in [-0.1, -0.05) is 13.8 Å². The lowest BCUT2D eigenvalue weighted by Gasteiger charge is -2.24. The Labute approximate surface area is 95.2 Å². The van der Waals surface area contributed by atoms with Crippen LogP contribution in [0.3, 0.4) is 0 Å². The zero-order valence-electron chi connectivity index (χ0n) is 9.93. The molecule has 0 fully saturated rings. The molecule has 0 unspecified atom stereocenters. The summed E-state index contributed by atoms with van der Waals surface area (Å²) in [5.41, 5.74) is 0. The van der Waals surface area contributed by atoms with Crippen LogP contribution >= 0.6 is 0 Å². The first-order valence-corrected chi connectivity index (χ1v) is 5.31. The molecule has 3 N–H and O–H groups in total. The van der Waals surface area contributed by atoms with Gasteiger partial charge in [0.1, 0.15) is 0 Å². The maximum Gasteiger partial charge on any atom is 0.328 e. The van der Waals surface area contributed by atoms with E-state index in [0.29, 0.717) is 19.0 Å². The molecular weight excluding hydrogens is 212 g/mol. The molecule has 0 saturated carbocycles. The first kappa shape index (κ1) is 14.7. The Morgan fingerprint density at radius 1 is 1.38 bits per heavy atom. The molecule has 0 aliphatic rings. The van der Waals surface area contributed by atoms with Crippen LogP contribution in [0.4, 0.5) is 4.79 Å². The lowest BCUT2D eigenvalue weighted by Crippen LogP contribution is -2.50. The SMILES string of the molecule is CCN(CC(C)C)C(=O)N[C@@H](CO)C(=O)O. The van der Waals surface area contributed by atoms with Crippen LogP contribution in [-0.2, 0) is 4.79 Å². The molecule has 94 valence electrons. The Morgan fingerprint density at radius 3 is 2.25 bits per heavy atom. The van der Waals surface area contributed by atoms with Gasteiger partial charge in [-0.15, -0.1) is 0 Å². The third-order valence-electron chi connectivity index (χ3n) is 2.03. The number of hydrogen-bond donors (Lipinski definition) is 3. The van der Waals surface area contributed by atoms with Crippen molar-refractivity contribution in [1.82, 2.24) is 10.2 Å². The normalized spacial score (nSPS) is 12.3. The number of carboxylic acids is 1. The highest BCUT2D eigenvalue weighted by Crippen LogP contribution is 1.99. The minimum absolute atomic E-state index is 0.308. The minimum Gasteiger partial charge on any atom is -0.480 e. The van der Waals surface area contributed by atoms with Gasteiger partial charge in [0, 0.05) is 13.1 Å². The van der Waals surface area contributed by atoms with Crippen LogP contribution in [0.15, 0.2) is 0 Å². The third-order valence-corrected chi connectivity index (χ3v) is 2.03. The van der Waals surface area contributed by atoms with Gasteiger partial charge in [-0.2, -0.15) is 0 Å². The molecule has 0 aliphatic heterocycles. The summed E-state index contributed by atoms with van der Waals surface area (Å²) in [5.74, 6) is -0.931. The van der Waals surface area contributed by atoms with Crippen molar-refractivity contribution in [2.75, 3.05) is 19.7 Å². The van der Waals surface area contributed by atoms with Crippen LogP contribution in [0.1, 0.15) is 20.8 Å². The summed E-state index contributed by atoms with van der Waals surface area (Å²) in [5, 5.41) is 19.7. The second kappa shape index (κ2) is 7.05. The van der Waals surface area contributed by atoms with Crippen molar-refractivity contribution in [2.45, 2.75) is 26.8 Å². The molecule has 6 nitrogen and oxygen atoms in total. The number of rotatable bonds is 6. The molecular formula is C10H20N2O4. The van der Waals surface area contributed by atoms with E-state index in [1.54, 1.807) is 0 Å². The molecule has 0 aliphatic carbocycles. The van der Waals surface area contributed by atoms with E-state index in [1.165, 1.54) is 4.90 Å². The predicted molar refractivity (Wildman–Crippen MR) is 59.1 cm³/mol. The first-order chi connectivity index (χ1) is 7.42. The highest BCUT2D eigenvalue weighted by Gasteiger charge is 2.21. The number of carboxylic acid groups (broad SMARTS) is 1. The topological polar surface area (TPSA) is 89.9 Å². The molecule has 0 bridgehead atoms. The van der Waals surface area contributed by atoms with E-state index in [-0.39, 0.29) is 0 Å². The van der Waals surface area contributed by atoms with E-state index < -0.39 is 24.6 Å². The fourth-order valence-corrected chi connectivity index (χ4v) is 1.22. The third kappa shape index (κ3) is 4.97. The average molecular weight is 232 g/mol. The monoisotopic (exact) mass is 232 g/mol. The standard InChI is InChI=1S/C10H20N2O4/c1-4-12(5-7(2)3)10(16)11-8(6-13)9(14)15/h7-8,13H,4-6H2,1-3H3,(H,11,16)(H,14,15)/t8-/m0/s1. The highest BCUT2D eigenvalue weighted by atomic mass is 16.4. The summed E-state index contributed by atoms with van der Waals surface area (Å²) in [6.45, 7) is 6.20. The van der Waals surface area contributed by atoms with E-state index in [9.17, 15) is 9.59 Å². The summed E-state index contributed by atoms with van der Waals surface area (Å²) in [6.07, 6.45) is 0. The lowest BCUT2D eigenvalue weighted by molar-refractivity contribution is -0.140. The molecule has 6 heteroatoms. The molecule has 0 radical (unpaired) electrons. The van der Waals surface area contributed by atoms with Crippen LogP contribution in [0.25, 0.3) is 0 Å². The fraction of sp³-hybridized carbons (Fsp3) is 0.800. The van der Waals surface area contributed by atoms with Gasteiger partial charge < -0.3 is 20.4 Å². The van der Waals surface area contributed by atoms with Crippen LogP contribution < -0.4 is 5.32 Å². The smallest absolute Gasteiger partial charge is 0.328 e. The van der Waals surface area contributed by atoms with Gasteiger partial charge in [0.2, 0.25) is 0 Å². The number of amides is 2. The van der Waals surface area contributed by atoms with Crippen LogP contribution in [-0.4, -0.2) is 52.9 Å². The van der Waals surface area contributed by atoms with Gasteiger partial charge >= 0.3 is 12.0 Å².